The molecular formula is C18H19BrN2O3. The van der Waals surface area contributed by atoms with E-state index >= 15 is 0 Å². The van der Waals surface area contributed by atoms with Crippen molar-refractivity contribution in [2.24, 2.45) is 5.10 Å². The highest BCUT2D eigenvalue weighted by Crippen LogP contribution is 2.36. The Kier molecular flexibility index (Phi) is 6.81. The van der Waals surface area contributed by atoms with Gasteiger partial charge >= 0.3 is 0 Å². The predicted molar refractivity (Wildman–Crippen MR) is 98.0 cm³/mol. The molecule has 0 fully saturated rings. The van der Waals surface area contributed by atoms with E-state index in [4.69, 9.17) is 9.47 Å². The van der Waals surface area contributed by atoms with Crippen LogP contribution in [0.15, 0.2) is 52.0 Å². The van der Waals surface area contributed by atoms with Crippen LogP contribution in [0, 0.1) is 0 Å². The minimum absolute atomic E-state index is 0.263. The van der Waals surface area contributed by atoms with Crippen molar-refractivity contribution >= 4 is 28.1 Å². The summed E-state index contributed by atoms with van der Waals surface area (Å²) in [4.78, 5) is 11.9. The molecular weight excluding hydrogens is 372 g/mol. The van der Waals surface area contributed by atoms with Crippen LogP contribution >= 0.6 is 15.9 Å². The highest BCUT2D eigenvalue weighted by atomic mass is 79.9. The van der Waals surface area contributed by atoms with Gasteiger partial charge in [-0.2, -0.15) is 5.10 Å². The first-order valence-corrected chi connectivity index (χ1v) is 8.33. The number of rotatable bonds is 7. The van der Waals surface area contributed by atoms with Crippen LogP contribution in [0.5, 0.6) is 11.5 Å². The third-order valence-electron chi connectivity index (χ3n) is 3.12. The molecule has 0 atom stereocenters. The van der Waals surface area contributed by atoms with E-state index in [1.54, 1.807) is 43.7 Å². The van der Waals surface area contributed by atoms with Crippen molar-refractivity contribution in [3.63, 3.8) is 0 Å². The highest BCUT2D eigenvalue weighted by molar-refractivity contribution is 9.10. The molecule has 0 heterocycles. The van der Waals surface area contributed by atoms with Gasteiger partial charge in [-0.25, -0.2) is 5.43 Å². The Balaban J connectivity index is 2.09. The normalized spacial score (nSPS) is 10.6. The molecule has 1 amide bonds. The number of nitrogens with zero attached hydrogens (tertiary/aromatic N) is 1. The SMILES string of the molecule is CCCOc1c(Br)cc(/C=N/NC(=O)c2ccccc2)cc1OC. The minimum atomic E-state index is -0.263. The molecule has 0 aliphatic heterocycles. The van der Waals surface area contributed by atoms with Gasteiger partial charge in [-0.1, -0.05) is 25.1 Å². The number of nitrogens with one attached hydrogen (secondary N) is 1. The van der Waals surface area contributed by atoms with Crippen molar-refractivity contribution in [3.8, 4) is 11.5 Å². The number of carbonyl (C=O) groups is 1. The molecule has 0 aromatic heterocycles. The average molecular weight is 391 g/mol. The van der Waals surface area contributed by atoms with Gasteiger partial charge in [0.15, 0.2) is 11.5 Å². The van der Waals surface area contributed by atoms with Gasteiger partial charge < -0.3 is 9.47 Å². The van der Waals surface area contributed by atoms with Gasteiger partial charge in [-0.15, -0.1) is 0 Å². The Hall–Kier alpha value is -2.34. The maximum absolute atomic E-state index is 11.9. The lowest BCUT2D eigenvalue weighted by Crippen LogP contribution is -2.17. The van der Waals surface area contributed by atoms with Crippen molar-refractivity contribution in [2.75, 3.05) is 13.7 Å². The molecule has 2 aromatic rings. The van der Waals surface area contributed by atoms with Gasteiger partial charge in [0.1, 0.15) is 0 Å². The summed E-state index contributed by atoms with van der Waals surface area (Å²) in [6, 6.07) is 12.6. The van der Waals surface area contributed by atoms with Crippen LogP contribution in [0.4, 0.5) is 0 Å². The summed E-state index contributed by atoms with van der Waals surface area (Å²) in [6.07, 6.45) is 2.46. The number of hydrazone groups is 1. The van der Waals surface area contributed by atoms with Crippen LogP contribution in [0.2, 0.25) is 0 Å². The molecule has 0 spiro atoms. The van der Waals surface area contributed by atoms with Gasteiger partial charge in [-0.05, 0) is 52.2 Å². The molecule has 126 valence electrons. The minimum Gasteiger partial charge on any atom is -0.493 e. The first-order chi connectivity index (χ1) is 11.7. The summed E-state index contributed by atoms with van der Waals surface area (Å²) < 4.78 is 11.8. The molecule has 5 nitrogen and oxygen atoms in total. The monoisotopic (exact) mass is 390 g/mol. The van der Waals surface area contributed by atoms with Crippen molar-refractivity contribution < 1.29 is 14.3 Å². The van der Waals surface area contributed by atoms with Gasteiger partial charge in [0.2, 0.25) is 0 Å². The smallest absolute Gasteiger partial charge is 0.271 e. The lowest BCUT2D eigenvalue weighted by molar-refractivity contribution is 0.0955. The van der Waals surface area contributed by atoms with Crippen molar-refractivity contribution in [1.82, 2.24) is 5.43 Å². The van der Waals surface area contributed by atoms with Crippen LogP contribution in [0.25, 0.3) is 0 Å². The number of halogens is 1. The van der Waals surface area contributed by atoms with Crippen LogP contribution in [-0.2, 0) is 0 Å². The van der Waals surface area contributed by atoms with E-state index in [1.807, 2.05) is 19.1 Å². The lowest BCUT2D eigenvalue weighted by Gasteiger charge is -2.12. The Morgan fingerprint density at radius 3 is 2.71 bits per heavy atom. The number of benzene rings is 2. The third-order valence-corrected chi connectivity index (χ3v) is 3.71. The summed E-state index contributed by atoms with van der Waals surface area (Å²) in [5, 5.41) is 3.98. The zero-order valence-corrected chi connectivity index (χ0v) is 15.2. The topological polar surface area (TPSA) is 59.9 Å². The Labute approximate surface area is 149 Å². The number of methoxy groups -OCH3 is 1. The Morgan fingerprint density at radius 2 is 2.04 bits per heavy atom. The molecule has 2 aromatic carbocycles. The second kappa shape index (κ2) is 9.08. The van der Waals surface area contributed by atoms with E-state index < -0.39 is 0 Å². The van der Waals surface area contributed by atoms with E-state index in [1.165, 1.54) is 0 Å². The first-order valence-electron chi connectivity index (χ1n) is 7.54. The Morgan fingerprint density at radius 1 is 1.29 bits per heavy atom. The molecule has 24 heavy (non-hydrogen) atoms. The maximum Gasteiger partial charge on any atom is 0.271 e. The van der Waals surface area contributed by atoms with E-state index in [-0.39, 0.29) is 5.91 Å². The summed E-state index contributed by atoms with van der Waals surface area (Å²) in [7, 11) is 1.58. The predicted octanol–water partition coefficient (Wildman–Crippen LogP) is 4.01. The van der Waals surface area contributed by atoms with Crippen LogP contribution in [0.3, 0.4) is 0 Å². The zero-order chi connectivity index (χ0) is 17.4. The molecule has 1 N–H and O–H groups in total. The van der Waals surface area contributed by atoms with Crippen LogP contribution in [-0.4, -0.2) is 25.8 Å². The van der Waals surface area contributed by atoms with Gasteiger partial charge in [0.05, 0.1) is 24.4 Å². The van der Waals surface area contributed by atoms with Gasteiger partial charge in [-0.3, -0.25) is 4.79 Å². The fraction of sp³-hybridized carbons (Fsp3) is 0.222. The van der Waals surface area contributed by atoms with E-state index in [0.29, 0.717) is 23.7 Å². The number of carbonyl (C=O) groups excluding carboxylic acids is 1. The molecule has 0 saturated heterocycles. The van der Waals surface area contributed by atoms with Gasteiger partial charge in [0.25, 0.3) is 5.91 Å². The summed E-state index contributed by atoms with van der Waals surface area (Å²) in [5.74, 6) is 0.999. The van der Waals surface area contributed by atoms with Gasteiger partial charge in [0, 0.05) is 5.56 Å². The van der Waals surface area contributed by atoms with Crippen molar-refractivity contribution in [1.29, 1.82) is 0 Å². The number of amides is 1. The zero-order valence-electron chi connectivity index (χ0n) is 13.6. The molecule has 0 unspecified atom stereocenters. The van der Waals surface area contributed by atoms with Crippen LogP contribution < -0.4 is 14.9 Å². The number of ether oxygens (including phenoxy) is 2. The van der Waals surface area contributed by atoms with Crippen LogP contribution in [0.1, 0.15) is 29.3 Å². The molecule has 0 radical (unpaired) electrons. The molecule has 0 aliphatic carbocycles. The standard InChI is InChI=1S/C18H19BrN2O3/c1-3-9-24-17-15(19)10-13(11-16(17)23-2)12-20-21-18(22)14-7-5-4-6-8-14/h4-8,10-12H,3,9H2,1-2H3,(H,21,22)/b20-12+. The van der Waals surface area contributed by atoms with E-state index in [9.17, 15) is 4.79 Å². The lowest BCUT2D eigenvalue weighted by atomic mass is 10.2. The molecule has 6 heteroatoms. The maximum atomic E-state index is 11.9. The quantitative estimate of drug-likeness (QED) is 0.573. The average Bonchev–Trinajstić information content (AvgIpc) is 2.61. The Bertz CT molecular complexity index is 718. The molecule has 0 aliphatic rings. The second-order valence-corrected chi connectivity index (χ2v) is 5.80. The molecule has 0 bridgehead atoms. The van der Waals surface area contributed by atoms with Crippen molar-refractivity contribution in [3.05, 3.63) is 58.1 Å². The number of hydrogen-bond acceptors (Lipinski definition) is 4. The first kappa shape index (κ1) is 18.0. The highest BCUT2D eigenvalue weighted by Gasteiger charge is 2.11. The largest absolute Gasteiger partial charge is 0.493 e. The summed E-state index contributed by atoms with van der Waals surface area (Å²) in [5.41, 5.74) is 3.82. The fourth-order valence-corrected chi connectivity index (χ4v) is 2.55. The van der Waals surface area contributed by atoms with Crippen molar-refractivity contribution in [2.45, 2.75) is 13.3 Å². The second-order valence-electron chi connectivity index (χ2n) is 4.95. The number of hydrogen-bond donors (Lipinski definition) is 1. The molecule has 2 rings (SSSR count). The fourth-order valence-electron chi connectivity index (χ4n) is 1.98. The van der Waals surface area contributed by atoms with E-state index in [2.05, 4.69) is 26.5 Å². The molecule has 0 saturated carbocycles. The summed E-state index contributed by atoms with van der Waals surface area (Å²) >= 11 is 3.47. The summed E-state index contributed by atoms with van der Waals surface area (Å²) in [6.45, 7) is 2.65. The third kappa shape index (κ3) is 4.83. The van der Waals surface area contributed by atoms with E-state index in [0.717, 1.165) is 16.5 Å².